The molecular weight excluding hydrogens is 236 g/mol. The molecule has 0 saturated heterocycles. The zero-order valence-electron chi connectivity index (χ0n) is 9.11. The van der Waals surface area contributed by atoms with Crippen LogP contribution in [0.3, 0.4) is 0 Å². The lowest BCUT2D eigenvalue weighted by atomic mass is 10.0. The summed E-state index contributed by atoms with van der Waals surface area (Å²) < 4.78 is 0. The molecule has 0 spiro atoms. The third-order valence-corrected chi connectivity index (χ3v) is 2.44. The van der Waals surface area contributed by atoms with Gasteiger partial charge in [0.15, 0.2) is 0 Å². The number of hydrogen-bond donors (Lipinski definition) is 1. The van der Waals surface area contributed by atoms with Gasteiger partial charge in [0.1, 0.15) is 0 Å². The molecule has 0 saturated carbocycles. The molecule has 0 aliphatic heterocycles. The summed E-state index contributed by atoms with van der Waals surface area (Å²) in [7, 11) is 0. The zero-order chi connectivity index (χ0) is 13.1. The fourth-order valence-corrected chi connectivity index (χ4v) is 1.66. The lowest BCUT2D eigenvalue weighted by molar-refractivity contribution is -0.384. The van der Waals surface area contributed by atoms with Gasteiger partial charge in [-0.2, -0.15) is 0 Å². The summed E-state index contributed by atoms with van der Waals surface area (Å²) in [4.78, 5) is 25.2. The minimum absolute atomic E-state index is 0.0631. The maximum absolute atomic E-state index is 11.1. The van der Waals surface area contributed by atoms with Crippen LogP contribution in [0, 0.1) is 10.1 Å². The van der Waals surface area contributed by atoms with Gasteiger partial charge in [0.25, 0.3) is 5.69 Å². The van der Waals surface area contributed by atoms with E-state index in [-0.39, 0.29) is 22.4 Å². The van der Waals surface area contributed by atoms with Crippen LogP contribution in [0.5, 0.6) is 0 Å². The Kier molecular flexibility index (Phi) is 3.01. The van der Waals surface area contributed by atoms with E-state index in [1.807, 2.05) is 0 Å². The Bertz CT molecular complexity index is 569. The molecule has 2 rings (SSSR count). The predicted molar refractivity (Wildman–Crippen MR) is 63.3 cm³/mol. The van der Waals surface area contributed by atoms with Gasteiger partial charge in [0.05, 0.1) is 16.1 Å². The lowest BCUT2D eigenvalue weighted by Gasteiger charge is -2.05. The molecule has 0 radical (unpaired) electrons. The van der Waals surface area contributed by atoms with E-state index < -0.39 is 10.9 Å². The molecule has 0 atom stereocenters. The molecule has 1 aromatic carbocycles. The SMILES string of the molecule is O=C(O)c1cnccc1-c1ccccc1[N+](=O)[O-]. The number of pyridine rings is 1. The molecule has 1 N–H and O–H groups in total. The molecule has 0 aliphatic carbocycles. The smallest absolute Gasteiger partial charge is 0.337 e. The molecule has 0 fully saturated rings. The Morgan fingerprint density at radius 1 is 1.22 bits per heavy atom. The third-order valence-electron chi connectivity index (χ3n) is 2.44. The summed E-state index contributed by atoms with van der Waals surface area (Å²) in [5.74, 6) is -1.17. The first-order valence-corrected chi connectivity index (χ1v) is 5.02. The number of carboxylic acids is 1. The number of nitro benzene ring substituents is 1. The molecule has 0 unspecified atom stereocenters. The average Bonchev–Trinajstić information content (AvgIpc) is 2.38. The van der Waals surface area contributed by atoms with Gasteiger partial charge in [-0.15, -0.1) is 0 Å². The van der Waals surface area contributed by atoms with E-state index in [4.69, 9.17) is 5.11 Å². The summed E-state index contributed by atoms with van der Waals surface area (Å²) in [6.45, 7) is 0. The van der Waals surface area contributed by atoms with Gasteiger partial charge in [-0.1, -0.05) is 12.1 Å². The fourth-order valence-electron chi connectivity index (χ4n) is 1.66. The first-order valence-electron chi connectivity index (χ1n) is 5.02. The minimum atomic E-state index is -1.17. The van der Waals surface area contributed by atoms with Crippen LogP contribution in [-0.4, -0.2) is 21.0 Å². The van der Waals surface area contributed by atoms with E-state index in [2.05, 4.69) is 4.98 Å². The molecule has 1 heterocycles. The second kappa shape index (κ2) is 4.62. The maximum atomic E-state index is 11.1. The zero-order valence-corrected chi connectivity index (χ0v) is 9.11. The molecule has 0 bridgehead atoms. The quantitative estimate of drug-likeness (QED) is 0.660. The van der Waals surface area contributed by atoms with Crippen LogP contribution in [-0.2, 0) is 0 Å². The summed E-state index contributed by atoms with van der Waals surface area (Å²) in [5.41, 5.74) is 0.352. The number of carboxylic acid groups (broad SMARTS) is 1. The van der Waals surface area contributed by atoms with Crippen LogP contribution < -0.4 is 0 Å². The Morgan fingerprint density at radius 3 is 2.61 bits per heavy atom. The maximum Gasteiger partial charge on any atom is 0.337 e. The van der Waals surface area contributed by atoms with Crippen molar-refractivity contribution in [1.82, 2.24) is 4.98 Å². The molecule has 90 valence electrons. The van der Waals surface area contributed by atoms with E-state index in [1.165, 1.54) is 36.7 Å². The molecule has 2 aromatic rings. The molecule has 0 aliphatic rings. The van der Waals surface area contributed by atoms with Crippen LogP contribution in [0.2, 0.25) is 0 Å². The molecule has 6 nitrogen and oxygen atoms in total. The first-order chi connectivity index (χ1) is 8.61. The third kappa shape index (κ3) is 2.03. The predicted octanol–water partition coefficient (Wildman–Crippen LogP) is 2.36. The normalized spacial score (nSPS) is 10.0. The van der Waals surface area contributed by atoms with Gasteiger partial charge >= 0.3 is 5.97 Å². The highest BCUT2D eigenvalue weighted by Gasteiger charge is 2.19. The van der Waals surface area contributed by atoms with Crippen molar-refractivity contribution in [3.05, 3.63) is 58.4 Å². The number of carbonyl (C=O) groups is 1. The number of aromatic carboxylic acids is 1. The Morgan fingerprint density at radius 2 is 1.94 bits per heavy atom. The number of rotatable bonds is 3. The van der Waals surface area contributed by atoms with Gasteiger partial charge in [0.2, 0.25) is 0 Å². The van der Waals surface area contributed by atoms with Crippen LogP contribution in [0.25, 0.3) is 11.1 Å². The molecule has 0 amide bonds. The van der Waals surface area contributed by atoms with Crippen LogP contribution in [0.1, 0.15) is 10.4 Å². The highest BCUT2D eigenvalue weighted by molar-refractivity contribution is 5.97. The van der Waals surface area contributed by atoms with E-state index >= 15 is 0 Å². The second-order valence-corrected chi connectivity index (χ2v) is 3.50. The standard InChI is InChI=1S/C12H8N2O4/c15-12(16)10-7-13-6-5-8(10)9-3-1-2-4-11(9)14(17)18/h1-7H,(H,15,16). The number of nitrogens with zero attached hydrogens (tertiary/aromatic N) is 2. The number of hydrogen-bond acceptors (Lipinski definition) is 4. The Hall–Kier alpha value is -2.76. The van der Waals surface area contributed by atoms with Gasteiger partial charge in [0, 0.05) is 24.0 Å². The molecule has 1 aromatic heterocycles. The monoisotopic (exact) mass is 244 g/mol. The topological polar surface area (TPSA) is 93.3 Å². The number of para-hydroxylation sites is 1. The first kappa shape index (κ1) is 11.7. The van der Waals surface area contributed by atoms with Crippen LogP contribution >= 0.6 is 0 Å². The van der Waals surface area contributed by atoms with Crippen molar-refractivity contribution in [2.45, 2.75) is 0 Å². The summed E-state index contributed by atoms with van der Waals surface area (Å²) >= 11 is 0. The van der Waals surface area contributed by atoms with Crippen molar-refractivity contribution < 1.29 is 14.8 Å². The van der Waals surface area contributed by atoms with Crippen LogP contribution in [0.4, 0.5) is 5.69 Å². The molecular formula is C12H8N2O4. The van der Waals surface area contributed by atoms with Gasteiger partial charge in [-0.05, 0) is 12.1 Å². The number of aromatic nitrogens is 1. The van der Waals surface area contributed by atoms with Crippen molar-refractivity contribution in [3.8, 4) is 11.1 Å². The van der Waals surface area contributed by atoms with Crippen molar-refractivity contribution in [1.29, 1.82) is 0 Å². The van der Waals surface area contributed by atoms with E-state index in [0.29, 0.717) is 0 Å². The van der Waals surface area contributed by atoms with Gasteiger partial charge in [-0.25, -0.2) is 4.79 Å². The number of benzene rings is 1. The van der Waals surface area contributed by atoms with Crippen LogP contribution in [0.15, 0.2) is 42.7 Å². The summed E-state index contributed by atoms with van der Waals surface area (Å²) in [6, 6.07) is 7.45. The molecule has 6 heteroatoms. The minimum Gasteiger partial charge on any atom is -0.478 e. The van der Waals surface area contributed by atoms with E-state index in [0.717, 1.165) is 0 Å². The van der Waals surface area contributed by atoms with Gasteiger partial charge < -0.3 is 5.11 Å². The summed E-state index contributed by atoms with van der Waals surface area (Å²) in [5, 5.41) is 20.0. The average molecular weight is 244 g/mol. The lowest BCUT2D eigenvalue weighted by Crippen LogP contribution is -2.01. The fraction of sp³-hybridized carbons (Fsp3) is 0. The van der Waals surface area contributed by atoms with Gasteiger partial charge in [-0.3, -0.25) is 15.1 Å². The van der Waals surface area contributed by atoms with E-state index in [9.17, 15) is 14.9 Å². The van der Waals surface area contributed by atoms with Crippen molar-refractivity contribution in [2.75, 3.05) is 0 Å². The second-order valence-electron chi connectivity index (χ2n) is 3.50. The molecule has 18 heavy (non-hydrogen) atoms. The van der Waals surface area contributed by atoms with Crippen molar-refractivity contribution in [3.63, 3.8) is 0 Å². The Labute approximate surface area is 102 Å². The summed E-state index contributed by atoms with van der Waals surface area (Å²) in [6.07, 6.45) is 2.58. The highest BCUT2D eigenvalue weighted by atomic mass is 16.6. The number of nitro groups is 1. The van der Waals surface area contributed by atoms with E-state index in [1.54, 1.807) is 6.07 Å². The largest absolute Gasteiger partial charge is 0.478 e. The highest BCUT2D eigenvalue weighted by Crippen LogP contribution is 2.31. The Balaban J connectivity index is 2.70. The van der Waals surface area contributed by atoms with Crippen molar-refractivity contribution >= 4 is 11.7 Å². The van der Waals surface area contributed by atoms with Crippen molar-refractivity contribution in [2.24, 2.45) is 0 Å².